The molecule has 0 nitrogen and oxygen atoms in total. The molecular formula is C23H17F. The topological polar surface area (TPSA) is 0 Å². The number of hydrogen-bond donors (Lipinski definition) is 0. The summed E-state index contributed by atoms with van der Waals surface area (Å²) in [6, 6.07) is 27.9. The molecule has 4 rings (SSSR count). The van der Waals surface area contributed by atoms with Crippen molar-refractivity contribution in [3.63, 3.8) is 0 Å². The van der Waals surface area contributed by atoms with E-state index in [0.29, 0.717) is 5.56 Å². The van der Waals surface area contributed by atoms with Crippen LogP contribution in [0.2, 0.25) is 0 Å². The Morgan fingerprint density at radius 3 is 1.88 bits per heavy atom. The highest BCUT2D eigenvalue weighted by atomic mass is 19.1. The van der Waals surface area contributed by atoms with Gasteiger partial charge in [0.15, 0.2) is 0 Å². The Balaban J connectivity index is 1.78. The molecule has 0 atom stereocenters. The fraction of sp³-hybridized carbons (Fsp3) is 0.0435. The van der Waals surface area contributed by atoms with Crippen molar-refractivity contribution in [3.05, 3.63) is 96.3 Å². The maximum atomic E-state index is 14.0. The van der Waals surface area contributed by atoms with Crippen LogP contribution in [0.3, 0.4) is 0 Å². The molecule has 0 unspecified atom stereocenters. The minimum absolute atomic E-state index is 0.187. The maximum absolute atomic E-state index is 14.0. The van der Waals surface area contributed by atoms with Gasteiger partial charge in [-0.2, -0.15) is 0 Å². The molecule has 0 aliphatic rings. The number of rotatable bonds is 2. The Labute approximate surface area is 141 Å². The molecule has 0 heterocycles. The second-order valence-electron chi connectivity index (χ2n) is 6.12. The van der Waals surface area contributed by atoms with Gasteiger partial charge in [-0.1, -0.05) is 72.3 Å². The van der Waals surface area contributed by atoms with E-state index in [2.05, 4.69) is 55.5 Å². The summed E-state index contributed by atoms with van der Waals surface area (Å²) in [7, 11) is 0. The third-order valence-electron chi connectivity index (χ3n) is 4.41. The average molecular weight is 312 g/mol. The van der Waals surface area contributed by atoms with Gasteiger partial charge >= 0.3 is 0 Å². The van der Waals surface area contributed by atoms with E-state index in [0.717, 1.165) is 16.3 Å². The molecule has 116 valence electrons. The first-order valence-electron chi connectivity index (χ1n) is 8.06. The molecule has 0 amide bonds. The van der Waals surface area contributed by atoms with Crippen molar-refractivity contribution in [3.8, 4) is 22.3 Å². The predicted molar refractivity (Wildman–Crippen MR) is 99.5 cm³/mol. The van der Waals surface area contributed by atoms with E-state index < -0.39 is 0 Å². The van der Waals surface area contributed by atoms with E-state index in [1.807, 2.05) is 24.3 Å². The van der Waals surface area contributed by atoms with Gasteiger partial charge in [0.25, 0.3) is 0 Å². The van der Waals surface area contributed by atoms with E-state index in [1.54, 1.807) is 6.07 Å². The summed E-state index contributed by atoms with van der Waals surface area (Å²) >= 11 is 0. The Morgan fingerprint density at radius 2 is 1.17 bits per heavy atom. The number of benzene rings is 4. The Morgan fingerprint density at radius 1 is 0.583 bits per heavy atom. The largest absolute Gasteiger partial charge is 0.206 e. The van der Waals surface area contributed by atoms with Gasteiger partial charge in [0.2, 0.25) is 0 Å². The van der Waals surface area contributed by atoms with Crippen LogP contribution in [0.1, 0.15) is 5.56 Å². The summed E-state index contributed by atoms with van der Waals surface area (Å²) in [4.78, 5) is 0. The Bertz CT molecular complexity index is 1010. The van der Waals surface area contributed by atoms with Crippen LogP contribution in [0.4, 0.5) is 4.39 Å². The number of halogens is 1. The van der Waals surface area contributed by atoms with Crippen molar-refractivity contribution < 1.29 is 4.39 Å². The fourth-order valence-corrected chi connectivity index (χ4v) is 3.03. The van der Waals surface area contributed by atoms with Crippen molar-refractivity contribution in [1.82, 2.24) is 0 Å². The van der Waals surface area contributed by atoms with Crippen LogP contribution in [-0.2, 0) is 0 Å². The van der Waals surface area contributed by atoms with Crippen molar-refractivity contribution in [2.24, 2.45) is 0 Å². The van der Waals surface area contributed by atoms with Gasteiger partial charge in [-0.15, -0.1) is 0 Å². The first-order valence-corrected chi connectivity index (χ1v) is 8.06. The lowest BCUT2D eigenvalue weighted by Gasteiger charge is -2.08. The first kappa shape index (κ1) is 14.6. The SMILES string of the molecule is Cc1ccc(-c2ccc3cc(-c4ccccc4F)ccc3c2)cc1. The highest BCUT2D eigenvalue weighted by Crippen LogP contribution is 2.29. The molecule has 0 saturated heterocycles. The van der Waals surface area contributed by atoms with Crippen LogP contribution in [-0.4, -0.2) is 0 Å². The second kappa shape index (κ2) is 5.93. The molecule has 0 N–H and O–H groups in total. The van der Waals surface area contributed by atoms with Crippen molar-refractivity contribution >= 4 is 10.8 Å². The Kier molecular flexibility index (Phi) is 3.62. The van der Waals surface area contributed by atoms with Crippen LogP contribution < -0.4 is 0 Å². The number of hydrogen-bond acceptors (Lipinski definition) is 0. The summed E-state index contributed by atoms with van der Waals surface area (Å²) in [5, 5.41) is 2.28. The van der Waals surface area contributed by atoms with E-state index in [4.69, 9.17) is 0 Å². The van der Waals surface area contributed by atoms with E-state index in [1.165, 1.54) is 22.8 Å². The van der Waals surface area contributed by atoms with Gasteiger partial charge in [0, 0.05) is 5.56 Å². The highest BCUT2D eigenvalue weighted by molar-refractivity contribution is 5.90. The standard InChI is InChI=1S/C23H17F/c1-16-6-8-17(9-7-16)18-10-11-20-15-21(13-12-19(20)14-18)22-4-2-3-5-23(22)24/h2-15H,1H3. The minimum Gasteiger partial charge on any atom is -0.206 e. The molecule has 0 bridgehead atoms. The predicted octanol–water partition coefficient (Wildman–Crippen LogP) is 6.62. The normalized spacial score (nSPS) is 10.9. The molecule has 0 radical (unpaired) electrons. The molecule has 0 aromatic heterocycles. The summed E-state index contributed by atoms with van der Waals surface area (Å²) in [6.45, 7) is 2.09. The molecule has 0 aliphatic heterocycles. The number of fused-ring (bicyclic) bond motifs is 1. The summed E-state index contributed by atoms with van der Waals surface area (Å²) in [5.41, 5.74) is 5.21. The van der Waals surface area contributed by atoms with Gasteiger partial charge in [-0.3, -0.25) is 0 Å². The van der Waals surface area contributed by atoms with Crippen LogP contribution in [0.5, 0.6) is 0 Å². The lowest BCUT2D eigenvalue weighted by Crippen LogP contribution is -1.85. The van der Waals surface area contributed by atoms with Crippen molar-refractivity contribution in [1.29, 1.82) is 0 Å². The number of aryl methyl sites for hydroxylation is 1. The zero-order valence-electron chi connectivity index (χ0n) is 13.5. The van der Waals surface area contributed by atoms with Gasteiger partial charge in [-0.25, -0.2) is 4.39 Å². The molecule has 4 aromatic rings. The van der Waals surface area contributed by atoms with Crippen LogP contribution >= 0.6 is 0 Å². The van der Waals surface area contributed by atoms with E-state index in [-0.39, 0.29) is 5.82 Å². The first-order chi connectivity index (χ1) is 11.7. The third-order valence-corrected chi connectivity index (χ3v) is 4.41. The Hall–Kier alpha value is -2.93. The van der Waals surface area contributed by atoms with Gasteiger partial charge in [0.1, 0.15) is 5.82 Å². The van der Waals surface area contributed by atoms with Gasteiger partial charge in [0.05, 0.1) is 0 Å². The zero-order valence-corrected chi connectivity index (χ0v) is 13.5. The van der Waals surface area contributed by atoms with Crippen molar-refractivity contribution in [2.75, 3.05) is 0 Å². The molecule has 0 saturated carbocycles. The monoisotopic (exact) mass is 312 g/mol. The van der Waals surface area contributed by atoms with E-state index >= 15 is 0 Å². The van der Waals surface area contributed by atoms with Crippen LogP contribution in [0, 0.1) is 12.7 Å². The molecule has 0 aliphatic carbocycles. The minimum atomic E-state index is -0.187. The van der Waals surface area contributed by atoms with Gasteiger partial charge < -0.3 is 0 Å². The average Bonchev–Trinajstić information content (AvgIpc) is 2.62. The van der Waals surface area contributed by atoms with E-state index in [9.17, 15) is 4.39 Å². The molecule has 24 heavy (non-hydrogen) atoms. The van der Waals surface area contributed by atoms with Crippen LogP contribution in [0.15, 0.2) is 84.9 Å². The van der Waals surface area contributed by atoms with Crippen molar-refractivity contribution in [2.45, 2.75) is 6.92 Å². The molecule has 4 aromatic carbocycles. The highest BCUT2D eigenvalue weighted by Gasteiger charge is 2.06. The summed E-state index contributed by atoms with van der Waals surface area (Å²) in [6.07, 6.45) is 0. The lowest BCUT2D eigenvalue weighted by molar-refractivity contribution is 0.631. The molecule has 0 spiro atoms. The van der Waals surface area contributed by atoms with Gasteiger partial charge in [-0.05, 0) is 52.6 Å². The lowest BCUT2D eigenvalue weighted by atomic mass is 9.97. The molecule has 1 heteroatoms. The zero-order chi connectivity index (χ0) is 16.5. The van der Waals surface area contributed by atoms with Crippen LogP contribution in [0.25, 0.3) is 33.0 Å². The summed E-state index contributed by atoms with van der Waals surface area (Å²) < 4.78 is 14.0. The summed E-state index contributed by atoms with van der Waals surface area (Å²) in [5.74, 6) is -0.187. The molecular weight excluding hydrogens is 295 g/mol. The quantitative estimate of drug-likeness (QED) is 0.390. The smallest absolute Gasteiger partial charge is 0.131 e. The fourth-order valence-electron chi connectivity index (χ4n) is 3.03. The third kappa shape index (κ3) is 2.69. The second-order valence-corrected chi connectivity index (χ2v) is 6.12. The molecule has 0 fully saturated rings. The maximum Gasteiger partial charge on any atom is 0.131 e.